The van der Waals surface area contributed by atoms with Gasteiger partial charge in [-0.25, -0.2) is 0 Å². The molecular weight excluding hydrogens is 338 g/mol. The van der Waals surface area contributed by atoms with Gasteiger partial charge in [0.1, 0.15) is 0 Å². The molecule has 0 fully saturated rings. The molecule has 0 bridgehead atoms. The molecule has 0 spiro atoms. The molecule has 0 saturated heterocycles. The van der Waals surface area contributed by atoms with Gasteiger partial charge < -0.3 is 4.74 Å². The first-order valence-electron chi connectivity index (χ1n) is 5.81. The summed E-state index contributed by atoms with van der Waals surface area (Å²) in [6, 6.07) is 10.5. The van der Waals surface area contributed by atoms with E-state index in [0.717, 1.165) is 11.1 Å². The summed E-state index contributed by atoms with van der Waals surface area (Å²) >= 11 is 24.1. The molecule has 0 aliphatic carbocycles. The smallest absolute Gasteiger partial charge is 0.0845 e. The largest absolute Gasteiger partial charge is 0.369 e. The lowest BCUT2D eigenvalue weighted by Crippen LogP contribution is -2.02. The van der Waals surface area contributed by atoms with Gasteiger partial charge >= 0.3 is 0 Å². The number of halogens is 4. The van der Waals surface area contributed by atoms with Crippen molar-refractivity contribution in [3.05, 3.63) is 74.5 Å². The Morgan fingerprint density at radius 3 is 2.20 bits per heavy atom. The standard InChI is InChI=1S/C15H11Cl4O/c1-9(11-6-5-10(16)7-15(11)19)20-8-12-13(17)3-2-4-14(12)18/h2-7,9H,1,8H2. The summed E-state index contributed by atoms with van der Waals surface area (Å²) in [5.41, 5.74) is 1.49. The highest BCUT2D eigenvalue weighted by molar-refractivity contribution is 6.36. The second-order valence-electron chi connectivity index (χ2n) is 4.17. The van der Waals surface area contributed by atoms with E-state index in [1.165, 1.54) is 0 Å². The van der Waals surface area contributed by atoms with Crippen molar-refractivity contribution >= 4 is 46.4 Å². The van der Waals surface area contributed by atoms with Crippen molar-refractivity contribution in [3.8, 4) is 0 Å². The number of hydrogen-bond acceptors (Lipinski definition) is 1. The molecule has 0 aromatic heterocycles. The molecule has 0 aliphatic heterocycles. The SMILES string of the molecule is [CH2]C(OCc1c(Cl)cccc1Cl)c1ccc(Cl)cc1Cl. The Labute approximate surface area is 138 Å². The fourth-order valence-corrected chi connectivity index (χ4v) is 2.74. The third kappa shape index (κ3) is 3.81. The normalized spacial score (nSPS) is 12.4. The van der Waals surface area contributed by atoms with Crippen LogP contribution < -0.4 is 0 Å². The van der Waals surface area contributed by atoms with Crippen LogP contribution in [0.15, 0.2) is 36.4 Å². The zero-order valence-corrected chi connectivity index (χ0v) is 13.4. The van der Waals surface area contributed by atoms with Crippen LogP contribution in [0.4, 0.5) is 0 Å². The predicted octanol–water partition coefficient (Wildman–Crippen LogP) is 6.39. The fraction of sp³-hybridized carbons (Fsp3) is 0.133. The highest BCUT2D eigenvalue weighted by atomic mass is 35.5. The van der Waals surface area contributed by atoms with Gasteiger partial charge in [0.15, 0.2) is 0 Å². The summed E-state index contributed by atoms with van der Waals surface area (Å²) < 4.78 is 5.69. The van der Waals surface area contributed by atoms with Crippen molar-refractivity contribution in [3.63, 3.8) is 0 Å². The lowest BCUT2D eigenvalue weighted by Gasteiger charge is -2.16. The zero-order valence-electron chi connectivity index (χ0n) is 10.4. The average molecular weight is 349 g/mol. The van der Waals surface area contributed by atoms with Gasteiger partial charge in [-0.1, -0.05) is 58.5 Å². The molecule has 5 heteroatoms. The van der Waals surface area contributed by atoms with Crippen molar-refractivity contribution in [1.29, 1.82) is 0 Å². The Bertz CT molecular complexity index is 593. The Hall–Kier alpha value is -0.440. The minimum Gasteiger partial charge on any atom is -0.369 e. The van der Waals surface area contributed by atoms with Gasteiger partial charge in [0.05, 0.1) is 12.7 Å². The van der Waals surface area contributed by atoms with Crippen molar-refractivity contribution in [2.45, 2.75) is 12.7 Å². The van der Waals surface area contributed by atoms with E-state index in [0.29, 0.717) is 20.1 Å². The van der Waals surface area contributed by atoms with E-state index in [9.17, 15) is 0 Å². The second-order valence-corrected chi connectivity index (χ2v) is 5.82. The average Bonchev–Trinajstić information content (AvgIpc) is 2.37. The van der Waals surface area contributed by atoms with E-state index < -0.39 is 6.10 Å². The quantitative estimate of drug-likeness (QED) is 0.621. The number of rotatable bonds is 4. The van der Waals surface area contributed by atoms with Crippen LogP contribution in [0.25, 0.3) is 0 Å². The molecular formula is C15H11Cl4O. The predicted molar refractivity (Wildman–Crippen MR) is 85.8 cm³/mol. The van der Waals surface area contributed by atoms with Gasteiger partial charge in [-0.2, -0.15) is 0 Å². The Morgan fingerprint density at radius 2 is 1.60 bits per heavy atom. The maximum atomic E-state index is 6.11. The Balaban J connectivity index is 2.11. The first-order chi connectivity index (χ1) is 9.49. The molecule has 0 aliphatic rings. The van der Waals surface area contributed by atoms with Crippen LogP contribution in [0, 0.1) is 6.92 Å². The summed E-state index contributed by atoms with van der Waals surface area (Å²) in [5, 5.41) is 2.21. The third-order valence-corrected chi connectivity index (χ3v) is 4.07. The summed E-state index contributed by atoms with van der Waals surface area (Å²) in [4.78, 5) is 0. The molecule has 1 nitrogen and oxygen atoms in total. The van der Waals surface area contributed by atoms with Crippen LogP contribution in [-0.2, 0) is 11.3 Å². The zero-order chi connectivity index (χ0) is 14.7. The fourth-order valence-electron chi connectivity index (χ4n) is 1.71. The molecule has 0 saturated carbocycles. The van der Waals surface area contributed by atoms with Gasteiger partial charge in [0.2, 0.25) is 0 Å². The summed E-state index contributed by atoms with van der Waals surface area (Å²) in [5.74, 6) is 0. The second kappa shape index (κ2) is 7.02. The first-order valence-corrected chi connectivity index (χ1v) is 7.32. The van der Waals surface area contributed by atoms with Crippen LogP contribution in [0.3, 0.4) is 0 Å². The van der Waals surface area contributed by atoms with Gasteiger partial charge in [-0.05, 0) is 36.8 Å². The van der Waals surface area contributed by atoms with Gasteiger partial charge in [-0.15, -0.1) is 0 Å². The van der Waals surface area contributed by atoms with E-state index >= 15 is 0 Å². The maximum Gasteiger partial charge on any atom is 0.0845 e. The Morgan fingerprint density at radius 1 is 0.950 bits per heavy atom. The molecule has 0 N–H and O–H groups in total. The minimum atomic E-state index is -0.438. The highest BCUT2D eigenvalue weighted by Gasteiger charge is 2.13. The molecule has 1 unspecified atom stereocenters. The molecule has 105 valence electrons. The van der Waals surface area contributed by atoms with E-state index in [1.54, 1.807) is 36.4 Å². The molecule has 2 rings (SSSR count). The van der Waals surface area contributed by atoms with E-state index in [1.807, 2.05) is 0 Å². The van der Waals surface area contributed by atoms with Crippen molar-refractivity contribution < 1.29 is 4.74 Å². The first kappa shape index (κ1) is 15.9. The number of benzene rings is 2. The van der Waals surface area contributed by atoms with Crippen LogP contribution in [0.2, 0.25) is 20.1 Å². The Kier molecular flexibility index (Phi) is 5.59. The van der Waals surface area contributed by atoms with Gasteiger partial charge in [0.25, 0.3) is 0 Å². The molecule has 20 heavy (non-hydrogen) atoms. The van der Waals surface area contributed by atoms with Crippen LogP contribution in [-0.4, -0.2) is 0 Å². The molecule has 2 aromatic rings. The van der Waals surface area contributed by atoms with E-state index in [2.05, 4.69) is 6.92 Å². The van der Waals surface area contributed by atoms with Gasteiger partial charge in [-0.3, -0.25) is 0 Å². The van der Waals surface area contributed by atoms with Crippen LogP contribution in [0.1, 0.15) is 17.2 Å². The summed E-state index contributed by atoms with van der Waals surface area (Å²) in [6.07, 6.45) is -0.438. The highest BCUT2D eigenvalue weighted by Crippen LogP contribution is 2.31. The third-order valence-electron chi connectivity index (χ3n) is 2.80. The van der Waals surface area contributed by atoms with Gasteiger partial charge in [0, 0.05) is 25.7 Å². The number of ether oxygens (including phenoxy) is 1. The van der Waals surface area contributed by atoms with E-state index in [-0.39, 0.29) is 6.61 Å². The van der Waals surface area contributed by atoms with Crippen molar-refractivity contribution in [1.82, 2.24) is 0 Å². The lowest BCUT2D eigenvalue weighted by atomic mass is 10.1. The molecule has 2 aromatic carbocycles. The maximum absolute atomic E-state index is 6.11. The van der Waals surface area contributed by atoms with Crippen molar-refractivity contribution in [2.75, 3.05) is 0 Å². The topological polar surface area (TPSA) is 9.23 Å². The molecule has 1 atom stereocenters. The molecule has 0 amide bonds. The summed E-state index contributed by atoms with van der Waals surface area (Å²) in [7, 11) is 0. The minimum absolute atomic E-state index is 0.256. The monoisotopic (exact) mass is 347 g/mol. The van der Waals surface area contributed by atoms with E-state index in [4.69, 9.17) is 51.1 Å². The van der Waals surface area contributed by atoms with Crippen molar-refractivity contribution in [2.24, 2.45) is 0 Å². The lowest BCUT2D eigenvalue weighted by molar-refractivity contribution is 0.0701. The molecule has 1 radical (unpaired) electrons. The van der Waals surface area contributed by atoms with Crippen LogP contribution >= 0.6 is 46.4 Å². The van der Waals surface area contributed by atoms with Crippen LogP contribution in [0.5, 0.6) is 0 Å². The number of hydrogen-bond donors (Lipinski definition) is 0. The summed E-state index contributed by atoms with van der Waals surface area (Å²) in [6.45, 7) is 4.19. The molecule has 0 heterocycles.